The molecule has 4 aliphatic rings. The Kier molecular flexibility index (Phi) is 19.2. The van der Waals surface area contributed by atoms with Gasteiger partial charge in [-0.2, -0.15) is 19.6 Å². The quantitative estimate of drug-likeness (QED) is 0.0830. The maximum Gasteiger partial charge on any atom is 0.407 e. The summed E-state index contributed by atoms with van der Waals surface area (Å²) in [6.45, 7) is 14.3. The van der Waals surface area contributed by atoms with Crippen LogP contribution >= 0.6 is 0 Å². The van der Waals surface area contributed by atoms with E-state index in [9.17, 15) is 40.0 Å². The predicted molar refractivity (Wildman–Crippen MR) is 305 cm³/mol. The molecule has 2 amide bonds. The number of fused-ring (bicyclic) bond motifs is 2. The number of nitrogens with one attached hydrogen (secondary N) is 4. The number of amides is 2. The van der Waals surface area contributed by atoms with E-state index in [0.29, 0.717) is 30.3 Å². The third-order valence-corrected chi connectivity index (χ3v) is 15.7. The largest absolute Gasteiger partial charge is 0.480 e. The normalized spacial score (nSPS) is 20.4. The summed E-state index contributed by atoms with van der Waals surface area (Å²) in [6.07, 6.45) is 13.1. The highest BCUT2D eigenvalue weighted by Crippen LogP contribution is 2.35. The molecule has 82 heavy (non-hydrogen) atoms. The lowest BCUT2D eigenvalue weighted by Crippen LogP contribution is -2.46. The highest BCUT2D eigenvalue weighted by molar-refractivity contribution is 7.89. The van der Waals surface area contributed by atoms with Crippen molar-refractivity contribution in [1.29, 1.82) is 0 Å². The molecule has 0 radical (unpaired) electrons. The van der Waals surface area contributed by atoms with Crippen molar-refractivity contribution in [1.82, 2.24) is 54.2 Å². The number of hydrogen-bond donors (Lipinski definition) is 6. The number of anilines is 2. The zero-order chi connectivity index (χ0) is 59.3. The molecule has 7 N–H and O–H groups in total. The molecule has 4 aromatic heterocycles. The first-order chi connectivity index (χ1) is 38.7. The Morgan fingerprint density at radius 1 is 0.732 bits per heavy atom. The second kappa shape index (κ2) is 25.7. The van der Waals surface area contributed by atoms with Crippen molar-refractivity contribution in [2.75, 3.05) is 61.6 Å². The standard InChI is InChI=1S/C25H32FN7O3S.C21H32N6O2.C9H10FNO4S/c1-16-14-33-22(28-24(16)31-12-10-17(27)15-31)13-20(29-33)21-9-5-6-11-32(21)25(34)23(30-37(2,35)36)18-7-3-4-8-19(18)26;1-14-12-27-18(11-17(25-27)16-7-5-6-9-22-16)24-19(14)26-10-8-15(13-26)23-20(28)29-21(2,3)4;1-16(14,15)11-8(9(12)13)6-4-2-3-5-7(6)10/h3-4,7-8,13-14,17,21,23,30H,5-6,9-12,15,27H2,1-2H3;11-12,15-16,22H,5-10,13H2,1-4H3,(H,23,28);2-5,8,11H,1H3,(H,12,13)/t17-,21-,23?;15-,16?;/m00./s1. The number of rotatable bonds is 13. The smallest absolute Gasteiger partial charge is 0.407 e. The highest BCUT2D eigenvalue weighted by atomic mass is 32.2. The van der Waals surface area contributed by atoms with Crippen molar-refractivity contribution in [2.45, 2.75) is 128 Å². The van der Waals surface area contributed by atoms with Gasteiger partial charge in [0, 0.05) is 85.5 Å². The van der Waals surface area contributed by atoms with Crippen LogP contribution in [-0.4, -0.2) is 143 Å². The molecular formula is C55H74F2N14O9S2. The van der Waals surface area contributed by atoms with E-state index in [1.54, 1.807) is 15.5 Å². The third-order valence-electron chi connectivity index (χ3n) is 14.4. The second-order valence-electron chi connectivity index (χ2n) is 22.4. The summed E-state index contributed by atoms with van der Waals surface area (Å²) >= 11 is 0. The van der Waals surface area contributed by atoms with Crippen LogP contribution in [0.4, 0.5) is 25.2 Å². The van der Waals surface area contributed by atoms with Crippen LogP contribution < -0.4 is 35.6 Å². The average molecular weight is 1180 g/mol. The Hall–Kier alpha value is -6.91. The van der Waals surface area contributed by atoms with E-state index >= 15 is 0 Å². The molecule has 6 atom stereocenters. The third kappa shape index (κ3) is 15.8. The van der Waals surface area contributed by atoms with Gasteiger partial charge in [-0.1, -0.05) is 42.8 Å². The molecule has 4 aliphatic heterocycles. The number of alkyl carbamates (subject to hydrolysis) is 1. The number of carbonyl (C=O) groups excluding carboxylic acids is 2. The lowest BCUT2D eigenvalue weighted by atomic mass is 9.97. The number of nitrogens with zero attached hydrogens (tertiary/aromatic N) is 9. The number of sulfonamides is 2. The van der Waals surface area contributed by atoms with E-state index in [4.69, 9.17) is 35.7 Å². The van der Waals surface area contributed by atoms with Gasteiger partial charge in [0.05, 0.1) is 42.0 Å². The monoisotopic (exact) mass is 1180 g/mol. The molecular weight excluding hydrogens is 1100 g/mol. The van der Waals surface area contributed by atoms with Gasteiger partial charge in [-0.05, 0) is 98.2 Å². The fraction of sp³-hybridized carbons (Fsp3) is 0.509. The maximum atomic E-state index is 14.7. The molecule has 23 nitrogen and oxygen atoms in total. The van der Waals surface area contributed by atoms with E-state index < -0.39 is 61.2 Å². The summed E-state index contributed by atoms with van der Waals surface area (Å²) in [7, 11) is -7.53. The van der Waals surface area contributed by atoms with E-state index in [0.717, 1.165) is 118 Å². The molecule has 444 valence electrons. The topological polar surface area (TPSA) is 293 Å². The number of halogens is 2. The van der Waals surface area contributed by atoms with Gasteiger partial charge in [0.15, 0.2) is 11.3 Å². The van der Waals surface area contributed by atoms with E-state index in [2.05, 4.69) is 44.3 Å². The minimum atomic E-state index is -3.80. The number of hydrogen-bond acceptors (Lipinski definition) is 16. The first-order valence-electron chi connectivity index (χ1n) is 27.4. The van der Waals surface area contributed by atoms with Crippen molar-refractivity contribution < 1.29 is 49.8 Å². The molecule has 27 heteroatoms. The van der Waals surface area contributed by atoms with Gasteiger partial charge in [0.1, 0.15) is 41.0 Å². The van der Waals surface area contributed by atoms with Crippen molar-refractivity contribution in [3.63, 3.8) is 0 Å². The molecule has 8 heterocycles. The summed E-state index contributed by atoms with van der Waals surface area (Å²) < 4.78 is 87.3. The number of likely N-dealkylation sites (tertiary alicyclic amines) is 1. The Morgan fingerprint density at radius 2 is 1.27 bits per heavy atom. The van der Waals surface area contributed by atoms with Crippen molar-refractivity contribution in [2.24, 2.45) is 5.73 Å². The van der Waals surface area contributed by atoms with Crippen LogP contribution in [0.25, 0.3) is 11.3 Å². The van der Waals surface area contributed by atoms with Crippen molar-refractivity contribution >= 4 is 60.9 Å². The van der Waals surface area contributed by atoms with Gasteiger partial charge in [-0.25, -0.2) is 49.4 Å². The van der Waals surface area contributed by atoms with Gasteiger partial charge in [0.25, 0.3) is 0 Å². The first-order valence-corrected chi connectivity index (χ1v) is 31.2. The molecule has 3 unspecified atom stereocenters. The molecule has 0 spiro atoms. The molecule has 2 aromatic carbocycles. The van der Waals surface area contributed by atoms with Crippen molar-refractivity contribution in [3.05, 3.63) is 118 Å². The van der Waals surface area contributed by atoms with Crippen LogP contribution in [0.2, 0.25) is 0 Å². The average Bonchev–Trinajstić information content (AvgIpc) is 4.26. The summed E-state index contributed by atoms with van der Waals surface area (Å²) in [4.78, 5) is 52.5. The number of piperidine rings is 2. The Morgan fingerprint density at radius 3 is 1.80 bits per heavy atom. The van der Waals surface area contributed by atoms with Crippen molar-refractivity contribution in [3.8, 4) is 0 Å². The minimum Gasteiger partial charge on any atom is -0.480 e. The zero-order valence-electron chi connectivity index (χ0n) is 47.2. The van der Waals surface area contributed by atoms with Gasteiger partial charge >= 0.3 is 12.1 Å². The predicted octanol–water partition coefficient (Wildman–Crippen LogP) is 5.51. The summed E-state index contributed by atoms with van der Waals surface area (Å²) in [6, 6.07) is 11.9. The molecule has 10 rings (SSSR count). The number of ether oxygens (including phenoxy) is 1. The van der Waals surface area contributed by atoms with E-state index in [1.807, 2.05) is 49.2 Å². The fourth-order valence-corrected chi connectivity index (χ4v) is 12.0. The minimum absolute atomic E-state index is 0.0111. The molecule has 0 saturated carbocycles. The molecule has 0 aliphatic carbocycles. The van der Waals surface area contributed by atoms with Gasteiger partial charge < -0.3 is 40.9 Å². The van der Waals surface area contributed by atoms with E-state index in [1.165, 1.54) is 49.2 Å². The SMILES string of the molecule is CS(=O)(=O)NC(C(=O)O)c1ccccc1F.Cc1cn2nc(C3CCCCN3)cc2nc1N1CC[C@H](NC(=O)OC(C)(C)C)C1.Cc1cn2nc([C@@H]3CCCCN3C(=O)C(NS(C)(=O)=O)c3ccccc3F)cc2nc1N1CC[C@H](N)C1. The molecule has 4 fully saturated rings. The molecule has 0 bridgehead atoms. The van der Waals surface area contributed by atoms with Gasteiger partial charge in [-0.3, -0.25) is 9.59 Å². The molecule has 6 aromatic rings. The van der Waals surface area contributed by atoms with Crippen LogP contribution in [0.1, 0.15) is 130 Å². The number of aryl methyl sites for hydroxylation is 2. The van der Waals surface area contributed by atoms with Gasteiger partial charge in [-0.15, -0.1) is 0 Å². The molecule has 4 saturated heterocycles. The summed E-state index contributed by atoms with van der Waals surface area (Å²) in [5.74, 6) is -1.55. The fourth-order valence-electron chi connectivity index (χ4n) is 10.6. The Bertz CT molecular complexity index is 3500. The van der Waals surface area contributed by atoms with Crippen LogP contribution in [0.5, 0.6) is 0 Å². The number of carbonyl (C=O) groups is 3. The number of aromatic nitrogens is 6. The number of carboxylic acids is 1. The number of benzene rings is 2. The summed E-state index contributed by atoms with van der Waals surface area (Å²) in [5.41, 5.74) is 10.7. The lowest BCUT2D eigenvalue weighted by Gasteiger charge is -2.37. The number of carboxylic acid groups (broad SMARTS) is 1. The van der Waals surface area contributed by atoms with Crippen LogP contribution in [-0.2, 0) is 34.4 Å². The number of aliphatic carboxylic acids is 1. The Labute approximate surface area is 476 Å². The summed E-state index contributed by atoms with van der Waals surface area (Å²) in [5, 5.41) is 24.9. The van der Waals surface area contributed by atoms with E-state index in [-0.39, 0.29) is 35.3 Å². The highest BCUT2D eigenvalue weighted by Gasteiger charge is 2.38. The number of nitrogens with two attached hydrogens (primary N) is 1. The van der Waals surface area contributed by atoms with Gasteiger partial charge in [0.2, 0.25) is 26.0 Å². The van der Waals surface area contributed by atoms with Crippen LogP contribution in [0, 0.1) is 25.5 Å². The first kappa shape index (κ1) is 61.2. The Balaban J connectivity index is 0.000000174. The lowest BCUT2D eigenvalue weighted by molar-refractivity contribution is -0.139. The maximum absolute atomic E-state index is 14.7. The van der Waals surface area contributed by atoms with Crippen LogP contribution in [0.15, 0.2) is 73.1 Å². The van der Waals surface area contributed by atoms with Crippen LogP contribution in [0.3, 0.4) is 0 Å². The zero-order valence-corrected chi connectivity index (χ0v) is 48.8. The second-order valence-corrected chi connectivity index (χ2v) is 25.9.